The third kappa shape index (κ3) is 3.24. The van der Waals surface area contributed by atoms with Crippen LogP contribution in [0.25, 0.3) is 22.6 Å². The van der Waals surface area contributed by atoms with Crippen molar-refractivity contribution in [2.45, 2.75) is 5.92 Å². The molecule has 9 heteroatoms. The van der Waals surface area contributed by atoms with E-state index < -0.39 is 0 Å². The van der Waals surface area contributed by atoms with Gasteiger partial charge in [-0.1, -0.05) is 5.16 Å². The van der Waals surface area contributed by atoms with Gasteiger partial charge in [0.2, 0.25) is 11.7 Å². The standard InChI is InChI=1S/C21H17FN6O2/c1-27-18(10-17(25-27)13-2-4-16(22)5-3-13)21(29)28-11-15(12-28)20-24-19(26-30-20)14-6-8-23-9-7-14/h2-10,15H,11-12H2,1H3. The average molecular weight is 404 g/mol. The number of carbonyl (C=O) groups excluding carboxylic acids is 1. The van der Waals surface area contributed by atoms with E-state index in [0.29, 0.717) is 36.2 Å². The van der Waals surface area contributed by atoms with Gasteiger partial charge in [-0.25, -0.2) is 4.39 Å². The third-order valence-electron chi connectivity index (χ3n) is 5.14. The lowest BCUT2D eigenvalue weighted by Crippen LogP contribution is -2.49. The molecule has 150 valence electrons. The third-order valence-corrected chi connectivity index (χ3v) is 5.14. The Morgan fingerprint density at radius 2 is 1.83 bits per heavy atom. The molecule has 5 rings (SSSR count). The van der Waals surface area contributed by atoms with Crippen LogP contribution in [0.5, 0.6) is 0 Å². The first kappa shape index (κ1) is 18.2. The van der Waals surface area contributed by atoms with Gasteiger partial charge in [0, 0.05) is 43.7 Å². The molecule has 0 atom stereocenters. The van der Waals surface area contributed by atoms with Gasteiger partial charge in [0.05, 0.1) is 11.6 Å². The first-order valence-electron chi connectivity index (χ1n) is 9.42. The maximum atomic E-state index is 13.1. The Kier molecular flexibility index (Phi) is 4.35. The van der Waals surface area contributed by atoms with Crippen LogP contribution in [-0.4, -0.2) is 48.8 Å². The normalized spacial score (nSPS) is 14.0. The first-order valence-corrected chi connectivity index (χ1v) is 9.42. The van der Waals surface area contributed by atoms with E-state index in [1.165, 1.54) is 12.1 Å². The number of carbonyl (C=O) groups is 1. The van der Waals surface area contributed by atoms with E-state index in [9.17, 15) is 9.18 Å². The molecule has 8 nitrogen and oxygen atoms in total. The molecular formula is C21H17FN6O2. The average Bonchev–Trinajstić information content (AvgIpc) is 3.35. The highest BCUT2D eigenvalue weighted by atomic mass is 19.1. The van der Waals surface area contributed by atoms with Crippen LogP contribution in [0.4, 0.5) is 4.39 Å². The lowest BCUT2D eigenvalue weighted by molar-refractivity contribution is 0.0558. The summed E-state index contributed by atoms with van der Waals surface area (Å²) in [6, 6.07) is 11.4. The first-order chi connectivity index (χ1) is 14.6. The highest BCUT2D eigenvalue weighted by Gasteiger charge is 2.37. The summed E-state index contributed by atoms with van der Waals surface area (Å²) in [6.07, 6.45) is 3.34. The number of hydrogen-bond acceptors (Lipinski definition) is 6. The zero-order valence-corrected chi connectivity index (χ0v) is 16.1. The van der Waals surface area contributed by atoms with Crippen molar-refractivity contribution in [2.24, 2.45) is 7.05 Å². The van der Waals surface area contributed by atoms with Crippen molar-refractivity contribution in [3.63, 3.8) is 0 Å². The summed E-state index contributed by atoms with van der Waals surface area (Å²) in [5.41, 5.74) is 2.67. The molecule has 1 fully saturated rings. The molecule has 4 heterocycles. The number of aromatic nitrogens is 5. The Labute approximate surface area is 171 Å². The lowest BCUT2D eigenvalue weighted by atomic mass is 9.99. The zero-order valence-electron chi connectivity index (χ0n) is 16.1. The summed E-state index contributed by atoms with van der Waals surface area (Å²) < 4.78 is 20.1. The Hall–Kier alpha value is -3.88. The predicted octanol–water partition coefficient (Wildman–Crippen LogP) is 2.91. The van der Waals surface area contributed by atoms with Gasteiger partial charge in [0.1, 0.15) is 11.5 Å². The van der Waals surface area contributed by atoms with Crippen LogP contribution in [0.1, 0.15) is 22.3 Å². The maximum Gasteiger partial charge on any atom is 0.272 e. The van der Waals surface area contributed by atoms with Crippen molar-refractivity contribution in [1.82, 2.24) is 29.8 Å². The van der Waals surface area contributed by atoms with E-state index in [1.54, 1.807) is 47.2 Å². The number of hydrogen-bond donors (Lipinski definition) is 0. The van der Waals surface area contributed by atoms with Crippen LogP contribution >= 0.6 is 0 Å². The van der Waals surface area contributed by atoms with Crippen molar-refractivity contribution in [1.29, 1.82) is 0 Å². The number of halogens is 1. The molecule has 1 aliphatic rings. The fourth-order valence-corrected chi connectivity index (χ4v) is 3.41. The summed E-state index contributed by atoms with van der Waals surface area (Å²) in [7, 11) is 1.72. The van der Waals surface area contributed by atoms with E-state index in [-0.39, 0.29) is 17.6 Å². The number of pyridine rings is 1. The molecule has 4 aromatic rings. The van der Waals surface area contributed by atoms with Gasteiger partial charge in [-0.3, -0.25) is 14.5 Å². The molecule has 0 spiro atoms. The number of likely N-dealkylation sites (tertiary alicyclic amines) is 1. The lowest BCUT2D eigenvalue weighted by Gasteiger charge is -2.36. The highest BCUT2D eigenvalue weighted by molar-refractivity contribution is 5.94. The summed E-state index contributed by atoms with van der Waals surface area (Å²) in [5, 5.41) is 8.40. The fourth-order valence-electron chi connectivity index (χ4n) is 3.41. The summed E-state index contributed by atoms with van der Waals surface area (Å²) in [6.45, 7) is 0.988. The molecule has 0 radical (unpaired) electrons. The predicted molar refractivity (Wildman–Crippen MR) is 105 cm³/mol. The molecule has 1 amide bonds. The van der Waals surface area contributed by atoms with Gasteiger partial charge < -0.3 is 9.42 Å². The van der Waals surface area contributed by atoms with Gasteiger partial charge >= 0.3 is 0 Å². The second-order valence-corrected chi connectivity index (χ2v) is 7.14. The molecule has 1 aliphatic heterocycles. The Bertz CT molecular complexity index is 1200. The highest BCUT2D eigenvalue weighted by Crippen LogP contribution is 2.29. The van der Waals surface area contributed by atoms with E-state index in [1.807, 2.05) is 12.1 Å². The van der Waals surface area contributed by atoms with Gasteiger partial charge in [0.25, 0.3) is 5.91 Å². The van der Waals surface area contributed by atoms with E-state index >= 15 is 0 Å². The van der Waals surface area contributed by atoms with Crippen molar-refractivity contribution in [3.05, 3.63) is 72.3 Å². The SMILES string of the molecule is Cn1nc(-c2ccc(F)cc2)cc1C(=O)N1CC(c2nc(-c3ccncc3)no2)C1. The van der Waals surface area contributed by atoms with E-state index in [2.05, 4.69) is 20.2 Å². The molecule has 1 aromatic carbocycles. The Morgan fingerprint density at radius 3 is 2.57 bits per heavy atom. The topological polar surface area (TPSA) is 89.9 Å². The molecule has 3 aromatic heterocycles. The molecule has 0 aliphatic carbocycles. The van der Waals surface area contributed by atoms with E-state index in [4.69, 9.17) is 4.52 Å². The molecule has 30 heavy (non-hydrogen) atoms. The number of aryl methyl sites for hydroxylation is 1. The summed E-state index contributed by atoms with van der Waals surface area (Å²) >= 11 is 0. The van der Waals surface area contributed by atoms with Crippen LogP contribution in [0.3, 0.4) is 0 Å². The number of benzene rings is 1. The van der Waals surface area contributed by atoms with Crippen molar-refractivity contribution in [3.8, 4) is 22.6 Å². The minimum absolute atomic E-state index is 0.00170. The molecule has 0 unspecified atom stereocenters. The number of rotatable bonds is 4. The second-order valence-electron chi connectivity index (χ2n) is 7.14. The van der Waals surface area contributed by atoms with E-state index in [0.717, 1.165) is 11.1 Å². The quantitative estimate of drug-likeness (QED) is 0.520. The number of amides is 1. The molecular weight excluding hydrogens is 387 g/mol. The van der Waals surface area contributed by atoms with Crippen molar-refractivity contribution >= 4 is 5.91 Å². The summed E-state index contributed by atoms with van der Waals surface area (Å²) in [5.74, 6) is 0.589. The van der Waals surface area contributed by atoms with Crippen LogP contribution < -0.4 is 0 Å². The summed E-state index contributed by atoms with van der Waals surface area (Å²) in [4.78, 5) is 23.0. The number of nitrogens with zero attached hydrogens (tertiary/aromatic N) is 6. The van der Waals surface area contributed by atoms with Gasteiger partial charge in [-0.05, 0) is 42.5 Å². The Balaban J connectivity index is 1.27. The Morgan fingerprint density at radius 1 is 1.10 bits per heavy atom. The van der Waals surface area contributed by atoms with Crippen molar-refractivity contribution in [2.75, 3.05) is 13.1 Å². The van der Waals surface area contributed by atoms with Gasteiger partial charge in [0.15, 0.2) is 0 Å². The fraction of sp³-hybridized carbons (Fsp3) is 0.190. The molecule has 0 bridgehead atoms. The van der Waals surface area contributed by atoms with Crippen molar-refractivity contribution < 1.29 is 13.7 Å². The van der Waals surface area contributed by atoms with Gasteiger partial charge in [-0.2, -0.15) is 10.1 Å². The van der Waals surface area contributed by atoms with Gasteiger partial charge in [-0.15, -0.1) is 0 Å². The maximum absolute atomic E-state index is 13.1. The zero-order chi connectivity index (χ0) is 20.7. The smallest absolute Gasteiger partial charge is 0.272 e. The van der Waals surface area contributed by atoms with Crippen LogP contribution in [0.15, 0.2) is 59.4 Å². The molecule has 0 saturated carbocycles. The van der Waals surface area contributed by atoms with Crippen LogP contribution in [0.2, 0.25) is 0 Å². The molecule has 0 N–H and O–H groups in total. The largest absolute Gasteiger partial charge is 0.339 e. The van der Waals surface area contributed by atoms with Crippen LogP contribution in [0, 0.1) is 5.82 Å². The second kappa shape index (κ2) is 7.18. The monoisotopic (exact) mass is 404 g/mol. The minimum atomic E-state index is -0.314. The van der Waals surface area contributed by atoms with Crippen LogP contribution in [-0.2, 0) is 7.05 Å². The minimum Gasteiger partial charge on any atom is -0.339 e. The molecule has 1 saturated heterocycles.